The molecule has 2 rings (SSSR count). The Morgan fingerprint density at radius 1 is 1.71 bits per heavy atom. The lowest BCUT2D eigenvalue weighted by atomic mass is 10.0. The molecule has 0 radical (unpaired) electrons. The van der Waals surface area contributed by atoms with Gasteiger partial charge in [0.25, 0.3) is 0 Å². The van der Waals surface area contributed by atoms with Crippen LogP contribution < -0.4 is 5.32 Å². The van der Waals surface area contributed by atoms with Crippen molar-refractivity contribution >= 4 is 5.78 Å². The standard InChI is InChI=1S/C8H13N5O/c1-13-11-8(10-12-13)4-7(14)6-2-3-9-5-6/h6,9H,2-5H2,1H3. The number of ketones is 1. The highest BCUT2D eigenvalue weighted by atomic mass is 16.1. The molecule has 1 aliphatic rings. The van der Waals surface area contributed by atoms with Gasteiger partial charge in [0, 0.05) is 12.5 Å². The lowest BCUT2D eigenvalue weighted by Gasteiger charge is -2.03. The first kappa shape index (κ1) is 9.26. The van der Waals surface area contributed by atoms with E-state index in [0.29, 0.717) is 12.2 Å². The van der Waals surface area contributed by atoms with Crippen LogP contribution in [0.2, 0.25) is 0 Å². The highest BCUT2D eigenvalue weighted by Crippen LogP contribution is 2.10. The Morgan fingerprint density at radius 3 is 3.14 bits per heavy atom. The Bertz CT molecular complexity index is 328. The third kappa shape index (κ3) is 1.95. The average Bonchev–Trinajstić information content (AvgIpc) is 2.75. The Morgan fingerprint density at radius 2 is 2.57 bits per heavy atom. The second kappa shape index (κ2) is 3.83. The summed E-state index contributed by atoms with van der Waals surface area (Å²) >= 11 is 0. The van der Waals surface area contributed by atoms with Gasteiger partial charge in [0.1, 0.15) is 5.78 Å². The molecular formula is C8H13N5O. The van der Waals surface area contributed by atoms with Crippen molar-refractivity contribution < 1.29 is 4.79 Å². The summed E-state index contributed by atoms with van der Waals surface area (Å²) in [6, 6.07) is 0. The number of tetrazole rings is 1. The molecule has 1 atom stereocenters. The summed E-state index contributed by atoms with van der Waals surface area (Å²) in [4.78, 5) is 13.0. The van der Waals surface area contributed by atoms with E-state index in [-0.39, 0.29) is 11.7 Å². The van der Waals surface area contributed by atoms with Crippen molar-refractivity contribution in [3.8, 4) is 0 Å². The summed E-state index contributed by atoms with van der Waals surface area (Å²) in [6.07, 6.45) is 1.24. The van der Waals surface area contributed by atoms with Gasteiger partial charge in [0.2, 0.25) is 0 Å². The highest BCUT2D eigenvalue weighted by Gasteiger charge is 2.23. The highest BCUT2D eigenvalue weighted by molar-refractivity contribution is 5.83. The normalized spacial score (nSPS) is 21.4. The number of nitrogens with zero attached hydrogens (tertiary/aromatic N) is 4. The number of carbonyl (C=O) groups excluding carboxylic acids is 1. The van der Waals surface area contributed by atoms with E-state index >= 15 is 0 Å². The van der Waals surface area contributed by atoms with Gasteiger partial charge in [-0.25, -0.2) is 0 Å². The van der Waals surface area contributed by atoms with Gasteiger partial charge in [0.05, 0.1) is 13.5 Å². The van der Waals surface area contributed by atoms with Gasteiger partial charge in [-0.2, -0.15) is 4.80 Å². The third-order valence-electron chi connectivity index (χ3n) is 2.40. The van der Waals surface area contributed by atoms with Gasteiger partial charge in [0.15, 0.2) is 5.82 Å². The van der Waals surface area contributed by atoms with Crippen molar-refractivity contribution in [1.29, 1.82) is 0 Å². The number of aromatic nitrogens is 4. The number of hydrogen-bond acceptors (Lipinski definition) is 5. The van der Waals surface area contributed by atoms with E-state index in [4.69, 9.17) is 0 Å². The Labute approximate surface area is 81.7 Å². The maximum Gasteiger partial charge on any atom is 0.182 e. The predicted molar refractivity (Wildman–Crippen MR) is 48.5 cm³/mol. The molecule has 1 saturated heterocycles. The molecule has 76 valence electrons. The summed E-state index contributed by atoms with van der Waals surface area (Å²) < 4.78 is 0. The number of aryl methyl sites for hydroxylation is 1. The lowest BCUT2D eigenvalue weighted by molar-refractivity contribution is -0.121. The van der Waals surface area contributed by atoms with Crippen LogP contribution in [0.1, 0.15) is 12.2 Å². The number of hydrogen-bond donors (Lipinski definition) is 1. The van der Waals surface area contributed by atoms with Crippen LogP contribution in [0.3, 0.4) is 0 Å². The quantitative estimate of drug-likeness (QED) is 0.665. The number of Topliss-reactive ketones (excluding diaryl/α,β-unsaturated/α-hetero) is 1. The summed E-state index contributed by atoms with van der Waals surface area (Å²) in [5.74, 6) is 0.867. The fourth-order valence-electron chi connectivity index (χ4n) is 1.62. The second-order valence-electron chi connectivity index (χ2n) is 3.53. The third-order valence-corrected chi connectivity index (χ3v) is 2.40. The molecule has 6 heteroatoms. The fraction of sp³-hybridized carbons (Fsp3) is 0.750. The molecule has 6 nitrogen and oxygen atoms in total. The molecule has 0 amide bonds. The molecule has 1 aromatic rings. The van der Waals surface area contributed by atoms with Crippen LogP contribution in [0.25, 0.3) is 0 Å². The molecule has 1 aliphatic heterocycles. The molecule has 1 unspecified atom stereocenters. The minimum absolute atomic E-state index is 0.138. The summed E-state index contributed by atoms with van der Waals surface area (Å²) in [6.45, 7) is 1.73. The minimum Gasteiger partial charge on any atom is -0.316 e. The molecule has 0 saturated carbocycles. The Balaban J connectivity index is 1.93. The van der Waals surface area contributed by atoms with Gasteiger partial charge in [-0.1, -0.05) is 0 Å². The van der Waals surface area contributed by atoms with Crippen molar-refractivity contribution in [1.82, 2.24) is 25.5 Å². The zero-order valence-corrected chi connectivity index (χ0v) is 8.10. The maximum absolute atomic E-state index is 11.7. The molecule has 0 bridgehead atoms. The summed E-state index contributed by atoms with van der Waals surface area (Å²) in [5.41, 5.74) is 0. The average molecular weight is 195 g/mol. The van der Waals surface area contributed by atoms with Gasteiger partial charge in [-0.3, -0.25) is 4.79 Å². The molecule has 0 aromatic carbocycles. The molecule has 2 heterocycles. The monoisotopic (exact) mass is 195 g/mol. The fourth-order valence-corrected chi connectivity index (χ4v) is 1.62. The maximum atomic E-state index is 11.7. The van der Waals surface area contributed by atoms with Crippen molar-refractivity contribution in [3.05, 3.63) is 5.82 Å². The van der Waals surface area contributed by atoms with Crippen LogP contribution in [0.4, 0.5) is 0 Å². The van der Waals surface area contributed by atoms with E-state index in [1.54, 1.807) is 7.05 Å². The SMILES string of the molecule is Cn1nnc(CC(=O)C2CCNC2)n1. The van der Waals surface area contributed by atoms with Gasteiger partial charge in [-0.05, 0) is 18.2 Å². The smallest absolute Gasteiger partial charge is 0.182 e. The van der Waals surface area contributed by atoms with Crippen molar-refractivity contribution in [3.63, 3.8) is 0 Å². The van der Waals surface area contributed by atoms with Crippen LogP contribution in [0, 0.1) is 5.92 Å². The number of carbonyl (C=O) groups is 1. The van der Waals surface area contributed by atoms with Crippen LogP contribution in [0.5, 0.6) is 0 Å². The van der Waals surface area contributed by atoms with Crippen molar-refractivity contribution in [2.45, 2.75) is 12.8 Å². The van der Waals surface area contributed by atoms with E-state index in [9.17, 15) is 4.79 Å². The van der Waals surface area contributed by atoms with Crippen LogP contribution in [-0.4, -0.2) is 39.1 Å². The van der Waals surface area contributed by atoms with Crippen LogP contribution in [-0.2, 0) is 18.3 Å². The molecule has 1 aromatic heterocycles. The molecular weight excluding hydrogens is 182 g/mol. The van der Waals surface area contributed by atoms with E-state index in [2.05, 4.69) is 20.7 Å². The zero-order chi connectivity index (χ0) is 9.97. The Hall–Kier alpha value is -1.30. The molecule has 0 aliphatic carbocycles. The van der Waals surface area contributed by atoms with E-state index in [0.717, 1.165) is 19.5 Å². The minimum atomic E-state index is 0.138. The predicted octanol–water partition coefficient (Wildman–Crippen LogP) is -1.07. The van der Waals surface area contributed by atoms with Crippen LogP contribution in [0.15, 0.2) is 0 Å². The second-order valence-corrected chi connectivity index (χ2v) is 3.53. The number of rotatable bonds is 3. The number of nitrogens with one attached hydrogen (secondary N) is 1. The molecule has 1 N–H and O–H groups in total. The van der Waals surface area contributed by atoms with E-state index in [1.165, 1.54) is 4.80 Å². The first-order valence-corrected chi connectivity index (χ1v) is 4.72. The largest absolute Gasteiger partial charge is 0.316 e. The molecule has 14 heavy (non-hydrogen) atoms. The van der Waals surface area contributed by atoms with Crippen molar-refractivity contribution in [2.24, 2.45) is 13.0 Å². The van der Waals surface area contributed by atoms with Gasteiger partial charge < -0.3 is 5.32 Å². The van der Waals surface area contributed by atoms with E-state index in [1.807, 2.05) is 0 Å². The van der Waals surface area contributed by atoms with Gasteiger partial charge in [-0.15, -0.1) is 10.2 Å². The first-order chi connectivity index (χ1) is 6.75. The lowest BCUT2D eigenvalue weighted by Crippen LogP contribution is -2.20. The van der Waals surface area contributed by atoms with Gasteiger partial charge >= 0.3 is 0 Å². The summed E-state index contributed by atoms with van der Waals surface area (Å²) in [5, 5.41) is 14.6. The van der Waals surface area contributed by atoms with Crippen LogP contribution >= 0.6 is 0 Å². The topological polar surface area (TPSA) is 72.7 Å². The molecule has 1 fully saturated rings. The zero-order valence-electron chi connectivity index (χ0n) is 8.10. The molecule has 0 spiro atoms. The Kier molecular flexibility index (Phi) is 2.53. The summed E-state index contributed by atoms with van der Waals surface area (Å²) in [7, 11) is 1.69. The van der Waals surface area contributed by atoms with Crippen molar-refractivity contribution in [2.75, 3.05) is 13.1 Å². The van der Waals surface area contributed by atoms with E-state index < -0.39 is 0 Å². The first-order valence-electron chi connectivity index (χ1n) is 4.72.